The van der Waals surface area contributed by atoms with Crippen molar-refractivity contribution in [2.24, 2.45) is 0 Å². The van der Waals surface area contributed by atoms with E-state index in [1.165, 1.54) is 12.2 Å². The Bertz CT molecular complexity index is 196. The van der Waals surface area contributed by atoms with Crippen molar-refractivity contribution in [3.63, 3.8) is 0 Å². The number of nitrogens with one attached hydrogen (secondary N) is 1. The zero-order valence-corrected chi connectivity index (χ0v) is 7.86. The summed E-state index contributed by atoms with van der Waals surface area (Å²) in [7, 11) is 0. The van der Waals surface area contributed by atoms with E-state index in [-0.39, 0.29) is 12.4 Å². The van der Waals surface area contributed by atoms with Crippen LogP contribution in [0.2, 0.25) is 0 Å². The summed E-state index contributed by atoms with van der Waals surface area (Å²) in [6.45, 7) is 5.49. The summed E-state index contributed by atoms with van der Waals surface area (Å²) in [5.41, 5.74) is 0. The summed E-state index contributed by atoms with van der Waals surface area (Å²) < 4.78 is 2.26. The Labute approximate surface area is 74.0 Å². The molecule has 0 bridgehead atoms. The summed E-state index contributed by atoms with van der Waals surface area (Å²) in [6.07, 6.45) is 6.39. The Morgan fingerprint density at radius 2 is 2.18 bits per heavy atom. The molecule has 3 heteroatoms. The van der Waals surface area contributed by atoms with Gasteiger partial charge in [-0.2, -0.15) is 0 Å². The van der Waals surface area contributed by atoms with Gasteiger partial charge in [0.25, 0.3) is 5.82 Å². The van der Waals surface area contributed by atoms with Crippen molar-refractivity contribution in [3.8, 4) is 0 Å². The van der Waals surface area contributed by atoms with Crippen LogP contribution in [-0.2, 0) is 13.0 Å². The van der Waals surface area contributed by atoms with Gasteiger partial charge < -0.3 is 12.4 Å². The predicted molar refractivity (Wildman–Crippen MR) is 40.7 cm³/mol. The molecule has 1 rings (SSSR count). The highest BCUT2D eigenvalue weighted by Gasteiger charge is 2.04. The molecule has 0 aromatic carbocycles. The third-order valence-corrected chi connectivity index (χ3v) is 1.65. The van der Waals surface area contributed by atoms with E-state index >= 15 is 0 Å². The standard InChI is InChI=1S/C8H14N2.ClH/c1-3-6-10-7-5-9-8(10)4-2;/h5,7H,3-4,6H2,1-2H3;1H. The van der Waals surface area contributed by atoms with Gasteiger partial charge in [-0.1, -0.05) is 13.8 Å². The predicted octanol–water partition coefficient (Wildman–Crippen LogP) is -1.72. The molecule has 0 aliphatic heterocycles. The number of halogens is 1. The molecule has 0 aliphatic rings. The van der Waals surface area contributed by atoms with Gasteiger partial charge in [-0.3, -0.25) is 0 Å². The molecule has 1 heterocycles. The molecule has 0 saturated carbocycles. The molecule has 11 heavy (non-hydrogen) atoms. The molecule has 1 aromatic heterocycles. The second-order valence-corrected chi connectivity index (χ2v) is 2.45. The maximum Gasteiger partial charge on any atom is 0.253 e. The quantitative estimate of drug-likeness (QED) is 0.527. The fraction of sp³-hybridized carbons (Fsp3) is 0.625. The molecule has 1 aromatic rings. The van der Waals surface area contributed by atoms with Crippen LogP contribution < -0.4 is 17.0 Å². The Morgan fingerprint density at radius 1 is 1.45 bits per heavy atom. The van der Waals surface area contributed by atoms with Crippen molar-refractivity contribution < 1.29 is 17.0 Å². The molecule has 0 aliphatic carbocycles. The van der Waals surface area contributed by atoms with Crippen LogP contribution in [-0.4, -0.2) is 4.98 Å². The molecule has 0 saturated heterocycles. The van der Waals surface area contributed by atoms with E-state index in [1.54, 1.807) is 0 Å². The van der Waals surface area contributed by atoms with Crippen LogP contribution in [0.5, 0.6) is 0 Å². The van der Waals surface area contributed by atoms with E-state index in [2.05, 4.69) is 29.6 Å². The lowest BCUT2D eigenvalue weighted by Gasteiger charge is -1.93. The van der Waals surface area contributed by atoms with Crippen molar-refractivity contribution in [1.82, 2.24) is 4.98 Å². The minimum Gasteiger partial charge on any atom is -1.00 e. The van der Waals surface area contributed by atoms with Crippen molar-refractivity contribution in [2.45, 2.75) is 33.2 Å². The first-order valence-corrected chi connectivity index (χ1v) is 3.94. The Hall–Kier alpha value is -0.500. The maximum atomic E-state index is 3.20. The fourth-order valence-corrected chi connectivity index (χ4v) is 1.15. The van der Waals surface area contributed by atoms with Crippen molar-refractivity contribution in [2.75, 3.05) is 0 Å². The molecular weight excluding hydrogens is 160 g/mol. The van der Waals surface area contributed by atoms with Gasteiger partial charge >= 0.3 is 0 Å². The largest absolute Gasteiger partial charge is 1.00 e. The first-order valence-electron chi connectivity index (χ1n) is 3.94. The normalized spacial score (nSPS) is 9.27. The van der Waals surface area contributed by atoms with Crippen LogP contribution in [0.4, 0.5) is 0 Å². The van der Waals surface area contributed by atoms with E-state index in [0.717, 1.165) is 13.0 Å². The number of imidazole rings is 1. The molecule has 0 fully saturated rings. The smallest absolute Gasteiger partial charge is 0.253 e. The van der Waals surface area contributed by atoms with Crippen LogP contribution >= 0.6 is 0 Å². The van der Waals surface area contributed by atoms with Gasteiger partial charge in [-0.05, 0) is 6.42 Å². The molecule has 0 radical (unpaired) electrons. The lowest BCUT2D eigenvalue weighted by molar-refractivity contribution is -0.702. The van der Waals surface area contributed by atoms with E-state index in [0.29, 0.717) is 0 Å². The topological polar surface area (TPSA) is 19.7 Å². The molecule has 0 spiro atoms. The summed E-state index contributed by atoms with van der Waals surface area (Å²) in [5.74, 6) is 1.32. The van der Waals surface area contributed by atoms with Gasteiger partial charge in [0.05, 0.1) is 6.54 Å². The number of nitrogens with zero attached hydrogens (tertiary/aromatic N) is 1. The Morgan fingerprint density at radius 3 is 2.73 bits per heavy atom. The minimum absolute atomic E-state index is 0. The Balaban J connectivity index is 0.000001000. The lowest BCUT2D eigenvalue weighted by atomic mass is 10.4. The molecule has 0 atom stereocenters. The Kier molecular flexibility index (Phi) is 4.95. The van der Waals surface area contributed by atoms with Crippen LogP contribution in [0, 0.1) is 0 Å². The molecule has 1 N–H and O–H groups in total. The van der Waals surface area contributed by atoms with Gasteiger partial charge in [0.1, 0.15) is 12.4 Å². The number of aromatic nitrogens is 2. The van der Waals surface area contributed by atoms with Crippen LogP contribution in [0.1, 0.15) is 26.1 Å². The third kappa shape index (κ3) is 2.54. The van der Waals surface area contributed by atoms with Crippen LogP contribution in [0.25, 0.3) is 0 Å². The molecular formula is C8H15ClN2. The molecule has 64 valence electrons. The highest BCUT2D eigenvalue weighted by atomic mass is 35.5. The second kappa shape index (κ2) is 5.19. The maximum absolute atomic E-state index is 3.20. The molecule has 2 nitrogen and oxygen atoms in total. The second-order valence-electron chi connectivity index (χ2n) is 2.45. The first-order chi connectivity index (χ1) is 4.88. The van der Waals surface area contributed by atoms with Gasteiger partial charge in [0, 0.05) is 6.42 Å². The van der Waals surface area contributed by atoms with Crippen LogP contribution in [0.15, 0.2) is 12.4 Å². The highest BCUT2D eigenvalue weighted by Crippen LogP contribution is 1.87. The van der Waals surface area contributed by atoms with Gasteiger partial charge in [-0.25, -0.2) is 9.55 Å². The minimum atomic E-state index is 0. The SMILES string of the molecule is CCC[n+]1cc[nH]c1CC.[Cl-]. The number of aryl methyl sites for hydroxylation is 2. The number of rotatable bonds is 3. The third-order valence-electron chi connectivity index (χ3n) is 1.65. The van der Waals surface area contributed by atoms with E-state index in [1.807, 2.05) is 6.20 Å². The van der Waals surface area contributed by atoms with E-state index < -0.39 is 0 Å². The van der Waals surface area contributed by atoms with Gasteiger partial charge in [0.15, 0.2) is 0 Å². The summed E-state index contributed by atoms with van der Waals surface area (Å²) >= 11 is 0. The number of hydrogen-bond donors (Lipinski definition) is 1. The van der Waals surface area contributed by atoms with Gasteiger partial charge in [0.2, 0.25) is 0 Å². The lowest BCUT2D eigenvalue weighted by Crippen LogP contribution is -3.00. The summed E-state index contributed by atoms with van der Waals surface area (Å²) in [5, 5.41) is 0. The average Bonchev–Trinajstić information content (AvgIpc) is 2.36. The number of H-pyrrole nitrogens is 1. The number of hydrogen-bond acceptors (Lipinski definition) is 0. The highest BCUT2D eigenvalue weighted by molar-refractivity contribution is 4.74. The molecule has 0 unspecified atom stereocenters. The number of aromatic amines is 1. The van der Waals surface area contributed by atoms with Crippen molar-refractivity contribution >= 4 is 0 Å². The van der Waals surface area contributed by atoms with Crippen LogP contribution in [0.3, 0.4) is 0 Å². The zero-order valence-electron chi connectivity index (χ0n) is 7.10. The van der Waals surface area contributed by atoms with Crippen molar-refractivity contribution in [1.29, 1.82) is 0 Å². The van der Waals surface area contributed by atoms with Gasteiger partial charge in [-0.15, -0.1) is 0 Å². The fourth-order valence-electron chi connectivity index (χ4n) is 1.15. The first kappa shape index (κ1) is 10.5. The summed E-state index contributed by atoms with van der Waals surface area (Å²) in [4.78, 5) is 3.20. The van der Waals surface area contributed by atoms with E-state index in [9.17, 15) is 0 Å². The summed E-state index contributed by atoms with van der Waals surface area (Å²) in [6, 6.07) is 0. The van der Waals surface area contributed by atoms with Crippen molar-refractivity contribution in [3.05, 3.63) is 18.2 Å². The molecule has 0 amide bonds. The average molecular weight is 175 g/mol. The zero-order chi connectivity index (χ0) is 7.40. The monoisotopic (exact) mass is 174 g/mol. The van der Waals surface area contributed by atoms with E-state index in [4.69, 9.17) is 0 Å².